The summed E-state index contributed by atoms with van der Waals surface area (Å²) in [6, 6.07) is 0. The second kappa shape index (κ2) is 3.92. The van der Waals surface area contributed by atoms with Crippen LogP contribution in [0.4, 0.5) is 0 Å². The molecule has 4 heteroatoms. The second-order valence-corrected chi connectivity index (χ2v) is 3.36. The third kappa shape index (κ3) is 1.70. The van der Waals surface area contributed by atoms with Crippen LogP contribution in [0.1, 0.15) is 24.0 Å². The van der Waals surface area contributed by atoms with Crippen LogP contribution in [0.25, 0.3) is 0 Å². The molecule has 0 unspecified atom stereocenters. The lowest BCUT2D eigenvalue weighted by atomic mass is 10.1. The number of aryl methyl sites for hydroxylation is 1. The molecule has 0 saturated carbocycles. The molecule has 1 aliphatic rings. The van der Waals surface area contributed by atoms with Crippen LogP contribution in [-0.4, -0.2) is 23.1 Å². The molecule has 76 valence electrons. The zero-order chi connectivity index (χ0) is 9.97. The van der Waals surface area contributed by atoms with E-state index in [0.29, 0.717) is 6.61 Å². The Kier molecular flexibility index (Phi) is 2.63. The number of nitrogens with zero attached hydrogens (tertiary/aromatic N) is 2. The lowest BCUT2D eigenvalue weighted by molar-refractivity contribution is 0.318. The summed E-state index contributed by atoms with van der Waals surface area (Å²) in [6.45, 7) is 6.36. The van der Waals surface area contributed by atoms with Crippen molar-refractivity contribution in [2.75, 3.05) is 13.2 Å². The van der Waals surface area contributed by atoms with Crippen LogP contribution in [-0.2, 0) is 13.0 Å². The first kappa shape index (κ1) is 9.40. The summed E-state index contributed by atoms with van der Waals surface area (Å²) in [5.74, 6) is 1.56. The van der Waals surface area contributed by atoms with E-state index in [1.54, 1.807) is 0 Å². The van der Waals surface area contributed by atoms with Crippen molar-refractivity contribution in [3.05, 3.63) is 17.1 Å². The number of fused-ring (bicyclic) bond motifs is 1. The molecule has 1 aromatic heterocycles. The maximum absolute atomic E-state index is 5.51. The zero-order valence-electron chi connectivity index (χ0n) is 8.63. The fraction of sp³-hybridized carbons (Fsp3) is 0.600. The summed E-state index contributed by atoms with van der Waals surface area (Å²) in [7, 11) is 0. The smallest absolute Gasteiger partial charge is 0.220 e. The molecule has 1 aliphatic heterocycles. The van der Waals surface area contributed by atoms with Gasteiger partial charge in [0.2, 0.25) is 5.88 Å². The van der Waals surface area contributed by atoms with Gasteiger partial charge in [0, 0.05) is 12.1 Å². The highest BCUT2D eigenvalue weighted by Gasteiger charge is 2.16. The molecule has 0 amide bonds. The summed E-state index contributed by atoms with van der Waals surface area (Å²) in [5.41, 5.74) is 2.27. The van der Waals surface area contributed by atoms with Gasteiger partial charge in [-0.05, 0) is 26.8 Å². The topological polar surface area (TPSA) is 47.0 Å². The lowest BCUT2D eigenvalue weighted by Gasteiger charge is -2.18. The number of nitrogens with one attached hydrogen (secondary N) is 1. The average Bonchev–Trinajstić information content (AvgIpc) is 2.18. The van der Waals surface area contributed by atoms with Crippen LogP contribution in [0, 0.1) is 6.92 Å². The molecule has 14 heavy (non-hydrogen) atoms. The molecule has 1 aromatic rings. The molecule has 0 radical (unpaired) electrons. The van der Waals surface area contributed by atoms with Gasteiger partial charge in [0.1, 0.15) is 5.82 Å². The SMILES string of the molecule is CCOc1nc(C)nc2c1CCNC2. The Morgan fingerprint density at radius 3 is 3.07 bits per heavy atom. The van der Waals surface area contributed by atoms with Gasteiger partial charge in [0.05, 0.1) is 12.3 Å². The monoisotopic (exact) mass is 193 g/mol. The Labute approximate surface area is 83.7 Å². The Morgan fingerprint density at radius 1 is 1.43 bits per heavy atom. The van der Waals surface area contributed by atoms with Gasteiger partial charge < -0.3 is 10.1 Å². The molecule has 4 nitrogen and oxygen atoms in total. The molecule has 0 bridgehead atoms. The Morgan fingerprint density at radius 2 is 2.29 bits per heavy atom. The molecule has 2 rings (SSSR count). The van der Waals surface area contributed by atoms with Crippen molar-refractivity contribution in [2.45, 2.75) is 26.8 Å². The minimum Gasteiger partial charge on any atom is -0.478 e. The van der Waals surface area contributed by atoms with Crippen molar-refractivity contribution in [2.24, 2.45) is 0 Å². The third-order valence-corrected chi connectivity index (χ3v) is 2.29. The Bertz CT molecular complexity index is 338. The minimum absolute atomic E-state index is 0.663. The van der Waals surface area contributed by atoms with Gasteiger partial charge in [-0.2, -0.15) is 4.98 Å². The van der Waals surface area contributed by atoms with Crippen LogP contribution in [0.15, 0.2) is 0 Å². The van der Waals surface area contributed by atoms with Crippen LogP contribution >= 0.6 is 0 Å². The molecule has 0 aliphatic carbocycles. The Hall–Kier alpha value is -1.16. The summed E-state index contributed by atoms with van der Waals surface area (Å²) in [5, 5.41) is 3.29. The molecular weight excluding hydrogens is 178 g/mol. The van der Waals surface area contributed by atoms with Crippen LogP contribution in [0.2, 0.25) is 0 Å². The number of hydrogen-bond donors (Lipinski definition) is 1. The van der Waals surface area contributed by atoms with Crippen LogP contribution < -0.4 is 10.1 Å². The maximum Gasteiger partial charge on any atom is 0.220 e. The fourth-order valence-corrected chi connectivity index (χ4v) is 1.70. The second-order valence-electron chi connectivity index (χ2n) is 3.36. The molecule has 0 atom stereocenters. The van der Waals surface area contributed by atoms with E-state index in [-0.39, 0.29) is 0 Å². The largest absolute Gasteiger partial charge is 0.478 e. The summed E-state index contributed by atoms with van der Waals surface area (Å²) >= 11 is 0. The number of hydrogen-bond acceptors (Lipinski definition) is 4. The van der Waals surface area contributed by atoms with Crippen molar-refractivity contribution in [3.8, 4) is 5.88 Å². The molecule has 0 fully saturated rings. The molecule has 0 aromatic carbocycles. The third-order valence-electron chi connectivity index (χ3n) is 2.29. The molecular formula is C10H15N3O. The summed E-state index contributed by atoms with van der Waals surface area (Å²) < 4.78 is 5.51. The van der Waals surface area contributed by atoms with E-state index in [9.17, 15) is 0 Å². The van der Waals surface area contributed by atoms with Crippen LogP contribution in [0.3, 0.4) is 0 Å². The normalized spacial score (nSPS) is 15.0. The fourth-order valence-electron chi connectivity index (χ4n) is 1.70. The van der Waals surface area contributed by atoms with E-state index in [0.717, 1.165) is 36.9 Å². The van der Waals surface area contributed by atoms with Gasteiger partial charge in [-0.25, -0.2) is 4.98 Å². The predicted octanol–water partition coefficient (Wildman–Crippen LogP) is 0.829. The number of aromatic nitrogens is 2. The van der Waals surface area contributed by atoms with Crippen molar-refractivity contribution < 1.29 is 4.74 Å². The van der Waals surface area contributed by atoms with Gasteiger partial charge in [-0.1, -0.05) is 0 Å². The highest BCUT2D eigenvalue weighted by Crippen LogP contribution is 2.21. The van der Waals surface area contributed by atoms with E-state index in [2.05, 4.69) is 15.3 Å². The first-order valence-electron chi connectivity index (χ1n) is 5.01. The Balaban J connectivity index is 2.41. The van der Waals surface area contributed by atoms with Gasteiger partial charge in [-0.3, -0.25) is 0 Å². The first-order chi connectivity index (χ1) is 6.81. The average molecular weight is 193 g/mol. The number of rotatable bonds is 2. The van der Waals surface area contributed by atoms with E-state index >= 15 is 0 Å². The minimum atomic E-state index is 0.663. The van der Waals surface area contributed by atoms with Crippen molar-refractivity contribution in [3.63, 3.8) is 0 Å². The molecule has 0 spiro atoms. The van der Waals surface area contributed by atoms with Gasteiger partial charge in [0.15, 0.2) is 0 Å². The number of ether oxygens (including phenoxy) is 1. The van der Waals surface area contributed by atoms with E-state index in [4.69, 9.17) is 4.74 Å². The molecule has 0 saturated heterocycles. The maximum atomic E-state index is 5.51. The van der Waals surface area contributed by atoms with Crippen molar-refractivity contribution in [1.29, 1.82) is 0 Å². The summed E-state index contributed by atoms with van der Waals surface area (Å²) in [4.78, 5) is 8.72. The van der Waals surface area contributed by atoms with Gasteiger partial charge in [0.25, 0.3) is 0 Å². The molecule has 1 N–H and O–H groups in total. The van der Waals surface area contributed by atoms with Crippen LogP contribution in [0.5, 0.6) is 5.88 Å². The van der Waals surface area contributed by atoms with Gasteiger partial charge in [-0.15, -0.1) is 0 Å². The summed E-state index contributed by atoms with van der Waals surface area (Å²) in [6.07, 6.45) is 0.963. The highest BCUT2D eigenvalue weighted by molar-refractivity contribution is 5.32. The van der Waals surface area contributed by atoms with E-state index in [1.165, 1.54) is 5.56 Å². The predicted molar refractivity (Wildman–Crippen MR) is 53.3 cm³/mol. The molecule has 2 heterocycles. The van der Waals surface area contributed by atoms with Crippen molar-refractivity contribution in [1.82, 2.24) is 15.3 Å². The van der Waals surface area contributed by atoms with Gasteiger partial charge >= 0.3 is 0 Å². The first-order valence-corrected chi connectivity index (χ1v) is 5.01. The van der Waals surface area contributed by atoms with E-state index in [1.807, 2.05) is 13.8 Å². The highest BCUT2D eigenvalue weighted by atomic mass is 16.5. The van der Waals surface area contributed by atoms with Crippen molar-refractivity contribution >= 4 is 0 Å². The quantitative estimate of drug-likeness (QED) is 0.755. The van der Waals surface area contributed by atoms with E-state index < -0.39 is 0 Å². The lowest BCUT2D eigenvalue weighted by Crippen LogP contribution is -2.26. The zero-order valence-corrected chi connectivity index (χ0v) is 8.63. The standard InChI is InChI=1S/C10H15N3O/c1-3-14-10-8-4-5-11-6-9(8)12-7(2)13-10/h11H,3-6H2,1-2H3.